The molecular formula is C17H24N4. The molecule has 2 aromatic rings. The molecule has 0 bridgehead atoms. The first-order valence-electron chi connectivity index (χ1n) is 7.77. The molecule has 3 rings (SSSR count). The third-order valence-electron chi connectivity index (χ3n) is 4.56. The van der Waals surface area contributed by atoms with Crippen molar-refractivity contribution >= 4 is 5.69 Å². The summed E-state index contributed by atoms with van der Waals surface area (Å²) < 4.78 is 0. The van der Waals surface area contributed by atoms with Crippen molar-refractivity contribution in [1.82, 2.24) is 15.1 Å². The van der Waals surface area contributed by atoms with Crippen LogP contribution in [-0.4, -0.2) is 41.3 Å². The van der Waals surface area contributed by atoms with Gasteiger partial charge in [-0.05, 0) is 69.6 Å². The van der Waals surface area contributed by atoms with E-state index in [4.69, 9.17) is 0 Å². The van der Waals surface area contributed by atoms with E-state index >= 15 is 0 Å². The summed E-state index contributed by atoms with van der Waals surface area (Å²) in [6.07, 6.45) is 4.36. The van der Waals surface area contributed by atoms with Gasteiger partial charge >= 0.3 is 0 Å². The van der Waals surface area contributed by atoms with Gasteiger partial charge in [-0.3, -0.25) is 5.10 Å². The van der Waals surface area contributed by atoms with E-state index < -0.39 is 0 Å². The highest BCUT2D eigenvalue weighted by Gasteiger charge is 2.21. The Morgan fingerprint density at radius 1 is 1.19 bits per heavy atom. The summed E-state index contributed by atoms with van der Waals surface area (Å²) in [4.78, 5) is 2.42. The van der Waals surface area contributed by atoms with Gasteiger partial charge in [0, 0.05) is 17.9 Å². The molecule has 0 saturated carbocycles. The van der Waals surface area contributed by atoms with E-state index in [1.54, 1.807) is 6.20 Å². The van der Waals surface area contributed by atoms with Gasteiger partial charge in [-0.2, -0.15) is 5.10 Å². The molecule has 21 heavy (non-hydrogen) atoms. The Morgan fingerprint density at radius 3 is 2.52 bits per heavy atom. The van der Waals surface area contributed by atoms with Crippen molar-refractivity contribution < 1.29 is 0 Å². The van der Waals surface area contributed by atoms with Crippen LogP contribution in [0.5, 0.6) is 0 Å². The van der Waals surface area contributed by atoms with Gasteiger partial charge in [-0.1, -0.05) is 12.1 Å². The predicted molar refractivity (Wildman–Crippen MR) is 87.3 cm³/mol. The van der Waals surface area contributed by atoms with Crippen LogP contribution in [-0.2, 0) is 0 Å². The predicted octanol–water partition coefficient (Wildman–Crippen LogP) is 3.22. The molecule has 1 aromatic carbocycles. The SMILES string of the molecule is CC(Nc1ccc(-c2ccn[nH]2)cc1)C1CCN(C)CC1. The molecule has 2 N–H and O–H groups in total. The fourth-order valence-electron chi connectivity index (χ4n) is 3.07. The second-order valence-corrected chi connectivity index (χ2v) is 6.12. The van der Waals surface area contributed by atoms with Gasteiger partial charge in [0.05, 0.1) is 5.69 Å². The van der Waals surface area contributed by atoms with Gasteiger partial charge in [0.15, 0.2) is 0 Å². The van der Waals surface area contributed by atoms with E-state index in [9.17, 15) is 0 Å². The van der Waals surface area contributed by atoms with Gasteiger partial charge in [-0.25, -0.2) is 0 Å². The molecule has 112 valence electrons. The van der Waals surface area contributed by atoms with Gasteiger partial charge in [0.1, 0.15) is 0 Å². The number of H-pyrrole nitrogens is 1. The Labute approximate surface area is 126 Å². The van der Waals surface area contributed by atoms with E-state index in [2.05, 4.69) is 58.7 Å². The number of aromatic nitrogens is 2. The normalized spacial score (nSPS) is 18.6. The van der Waals surface area contributed by atoms with E-state index in [1.807, 2.05) is 6.07 Å². The van der Waals surface area contributed by atoms with Crippen LogP contribution in [0.4, 0.5) is 5.69 Å². The lowest BCUT2D eigenvalue weighted by atomic mass is 9.90. The second kappa shape index (κ2) is 6.31. The van der Waals surface area contributed by atoms with E-state index in [0.29, 0.717) is 6.04 Å². The minimum Gasteiger partial charge on any atom is -0.382 e. The molecule has 4 nitrogen and oxygen atoms in total. The van der Waals surface area contributed by atoms with E-state index in [1.165, 1.54) is 37.2 Å². The zero-order valence-corrected chi connectivity index (χ0v) is 12.8. The van der Waals surface area contributed by atoms with Crippen LogP contribution < -0.4 is 5.32 Å². The smallest absolute Gasteiger partial charge is 0.0650 e. The molecule has 0 spiro atoms. The maximum Gasteiger partial charge on any atom is 0.0650 e. The van der Waals surface area contributed by atoms with Crippen molar-refractivity contribution in [1.29, 1.82) is 0 Å². The molecule has 1 atom stereocenters. The number of nitrogens with one attached hydrogen (secondary N) is 2. The number of anilines is 1. The lowest BCUT2D eigenvalue weighted by molar-refractivity contribution is 0.208. The van der Waals surface area contributed by atoms with Crippen LogP contribution in [0.15, 0.2) is 36.5 Å². The summed E-state index contributed by atoms with van der Waals surface area (Å²) in [6.45, 7) is 4.74. The van der Waals surface area contributed by atoms with Gasteiger partial charge in [-0.15, -0.1) is 0 Å². The standard InChI is InChI=1S/C17H24N4/c1-13(14-8-11-21(2)12-9-14)19-16-5-3-15(4-6-16)17-7-10-18-20-17/h3-7,10,13-14,19H,8-9,11-12H2,1-2H3,(H,18,20). The molecule has 0 radical (unpaired) electrons. The minimum atomic E-state index is 0.525. The van der Waals surface area contributed by atoms with Gasteiger partial charge in [0.25, 0.3) is 0 Å². The summed E-state index contributed by atoms with van der Waals surface area (Å²) in [5.74, 6) is 0.772. The first-order chi connectivity index (χ1) is 10.2. The van der Waals surface area contributed by atoms with Crippen molar-refractivity contribution in [2.45, 2.75) is 25.8 Å². The lowest BCUT2D eigenvalue weighted by Crippen LogP contribution is -2.37. The Hall–Kier alpha value is -1.81. The molecule has 1 fully saturated rings. The van der Waals surface area contributed by atoms with Crippen LogP contribution in [0, 0.1) is 5.92 Å². The zero-order chi connectivity index (χ0) is 14.7. The number of likely N-dealkylation sites (tertiary alicyclic amines) is 1. The average Bonchev–Trinajstić information content (AvgIpc) is 3.03. The molecule has 1 aromatic heterocycles. The van der Waals surface area contributed by atoms with Crippen LogP contribution >= 0.6 is 0 Å². The Bertz CT molecular complexity index is 539. The number of benzene rings is 1. The van der Waals surface area contributed by atoms with Crippen LogP contribution in [0.2, 0.25) is 0 Å². The number of hydrogen-bond acceptors (Lipinski definition) is 3. The maximum absolute atomic E-state index is 3.99. The largest absolute Gasteiger partial charge is 0.382 e. The fourth-order valence-corrected chi connectivity index (χ4v) is 3.07. The molecule has 0 amide bonds. The lowest BCUT2D eigenvalue weighted by Gasteiger charge is -2.33. The van der Waals surface area contributed by atoms with Crippen molar-refractivity contribution in [3.05, 3.63) is 36.5 Å². The third-order valence-corrected chi connectivity index (χ3v) is 4.56. The quantitative estimate of drug-likeness (QED) is 0.906. The Morgan fingerprint density at radius 2 is 1.90 bits per heavy atom. The van der Waals surface area contributed by atoms with Crippen LogP contribution in [0.25, 0.3) is 11.3 Å². The Balaban J connectivity index is 1.60. The Kier molecular flexibility index (Phi) is 4.25. The van der Waals surface area contributed by atoms with Crippen LogP contribution in [0.1, 0.15) is 19.8 Å². The van der Waals surface area contributed by atoms with Gasteiger partial charge < -0.3 is 10.2 Å². The third kappa shape index (κ3) is 3.45. The van der Waals surface area contributed by atoms with Crippen molar-refractivity contribution in [2.24, 2.45) is 5.92 Å². The van der Waals surface area contributed by atoms with E-state index in [0.717, 1.165) is 11.6 Å². The van der Waals surface area contributed by atoms with Crippen molar-refractivity contribution in [3.8, 4) is 11.3 Å². The number of nitrogens with zero attached hydrogens (tertiary/aromatic N) is 2. The summed E-state index contributed by atoms with van der Waals surface area (Å²) >= 11 is 0. The zero-order valence-electron chi connectivity index (χ0n) is 12.8. The molecule has 1 unspecified atom stereocenters. The van der Waals surface area contributed by atoms with Crippen LogP contribution in [0.3, 0.4) is 0 Å². The first kappa shape index (κ1) is 14.1. The van der Waals surface area contributed by atoms with Crippen molar-refractivity contribution in [2.75, 3.05) is 25.5 Å². The highest BCUT2D eigenvalue weighted by atomic mass is 15.1. The summed E-state index contributed by atoms with van der Waals surface area (Å²) in [6, 6.07) is 11.1. The average molecular weight is 284 g/mol. The number of hydrogen-bond donors (Lipinski definition) is 2. The molecule has 0 aliphatic carbocycles. The van der Waals surface area contributed by atoms with Gasteiger partial charge in [0.2, 0.25) is 0 Å². The number of rotatable bonds is 4. The number of piperidine rings is 1. The summed E-state index contributed by atoms with van der Waals surface area (Å²) in [5.41, 5.74) is 3.43. The molecule has 1 aliphatic rings. The molecular weight excluding hydrogens is 260 g/mol. The molecule has 1 aliphatic heterocycles. The maximum atomic E-state index is 3.99. The number of aromatic amines is 1. The summed E-state index contributed by atoms with van der Waals surface area (Å²) in [5, 5.41) is 10.6. The molecule has 2 heterocycles. The first-order valence-corrected chi connectivity index (χ1v) is 7.77. The minimum absolute atomic E-state index is 0.525. The molecule has 4 heteroatoms. The summed E-state index contributed by atoms with van der Waals surface area (Å²) in [7, 11) is 2.21. The fraction of sp³-hybridized carbons (Fsp3) is 0.471. The highest BCUT2D eigenvalue weighted by Crippen LogP contribution is 2.24. The van der Waals surface area contributed by atoms with E-state index in [-0.39, 0.29) is 0 Å². The monoisotopic (exact) mass is 284 g/mol. The van der Waals surface area contributed by atoms with Crippen molar-refractivity contribution in [3.63, 3.8) is 0 Å². The molecule has 1 saturated heterocycles. The second-order valence-electron chi connectivity index (χ2n) is 6.12. The highest BCUT2D eigenvalue weighted by molar-refractivity contribution is 5.62. The topological polar surface area (TPSA) is 44.0 Å².